The van der Waals surface area contributed by atoms with Crippen LogP contribution in [-0.4, -0.2) is 10.2 Å². The van der Waals surface area contributed by atoms with Crippen LogP contribution in [0.2, 0.25) is 0 Å². The lowest BCUT2D eigenvalue weighted by molar-refractivity contribution is 1.18. The Bertz CT molecular complexity index is 427. The molecule has 0 saturated carbocycles. The van der Waals surface area contributed by atoms with Crippen LogP contribution in [0.3, 0.4) is 0 Å². The second-order valence-corrected chi connectivity index (χ2v) is 4.33. The van der Waals surface area contributed by atoms with Gasteiger partial charge in [-0.1, -0.05) is 30.9 Å². The van der Waals surface area contributed by atoms with Gasteiger partial charge in [0.25, 0.3) is 0 Å². The zero-order valence-corrected chi connectivity index (χ0v) is 9.59. The molecule has 1 heteroatoms. The van der Waals surface area contributed by atoms with E-state index in [9.17, 15) is 0 Å². The van der Waals surface area contributed by atoms with Gasteiger partial charge in [-0.15, -0.1) is 0 Å². The number of hydrogen-bond acceptors (Lipinski definition) is 0. The molecule has 1 aliphatic carbocycles. The zero-order valence-electron chi connectivity index (χ0n) is 8.59. The molecule has 0 nitrogen and oxygen atoms in total. The van der Waals surface area contributed by atoms with Crippen LogP contribution in [0, 0.1) is 6.92 Å². The van der Waals surface area contributed by atoms with E-state index in [1.54, 1.807) is 0 Å². The first-order valence-corrected chi connectivity index (χ1v) is 5.38. The first-order valence-electron chi connectivity index (χ1n) is 4.81. The molecule has 0 heterocycles. The van der Waals surface area contributed by atoms with Gasteiger partial charge in [0.15, 0.2) is 0 Å². The van der Waals surface area contributed by atoms with Crippen LogP contribution < -0.4 is 0 Å². The van der Waals surface area contributed by atoms with Gasteiger partial charge in [0.1, 0.15) is 0 Å². The summed E-state index contributed by atoms with van der Waals surface area (Å²) >= 11 is 0. The maximum atomic E-state index is 3.87. The molecule has 69 valence electrons. The molecular formula is C13H13Si. The molecule has 3 radical (unpaired) electrons. The summed E-state index contributed by atoms with van der Waals surface area (Å²) in [5.41, 5.74) is 7.08. The van der Waals surface area contributed by atoms with Crippen LogP contribution in [0.4, 0.5) is 0 Å². The van der Waals surface area contributed by atoms with Crippen LogP contribution in [0.25, 0.3) is 5.57 Å². The van der Waals surface area contributed by atoms with E-state index in [2.05, 4.69) is 48.9 Å². The highest BCUT2D eigenvalue weighted by atomic mass is 28.1. The molecular weight excluding hydrogens is 184 g/mol. The number of fused-ring (bicyclic) bond motifs is 1. The molecule has 0 spiro atoms. The monoisotopic (exact) mass is 197 g/mol. The van der Waals surface area contributed by atoms with Crippen molar-refractivity contribution in [3.05, 3.63) is 53.1 Å². The Hall–Kier alpha value is -1.08. The Kier molecular flexibility index (Phi) is 2.20. The molecule has 2 rings (SSSR count). The van der Waals surface area contributed by atoms with E-state index in [0.29, 0.717) is 5.54 Å². The van der Waals surface area contributed by atoms with E-state index in [1.165, 1.54) is 27.8 Å². The Morgan fingerprint density at radius 3 is 2.64 bits per heavy atom. The summed E-state index contributed by atoms with van der Waals surface area (Å²) in [6.45, 7) is 8.20. The lowest BCUT2D eigenvalue weighted by Crippen LogP contribution is -1.96. The second-order valence-electron chi connectivity index (χ2n) is 3.76. The third-order valence-corrected chi connectivity index (χ3v) is 3.58. The van der Waals surface area contributed by atoms with Gasteiger partial charge in [0, 0.05) is 10.2 Å². The van der Waals surface area contributed by atoms with E-state index in [0.717, 1.165) is 0 Å². The normalized spacial score (nSPS) is 19.8. The summed E-state index contributed by atoms with van der Waals surface area (Å²) < 4.78 is 0. The average Bonchev–Trinajstić information content (AvgIpc) is 2.41. The highest BCUT2D eigenvalue weighted by molar-refractivity contribution is 6.17. The molecule has 0 aliphatic heterocycles. The summed E-state index contributed by atoms with van der Waals surface area (Å²) in [6, 6.07) is 6.45. The van der Waals surface area contributed by atoms with Gasteiger partial charge >= 0.3 is 0 Å². The molecule has 0 N–H and O–H groups in total. The quantitative estimate of drug-likeness (QED) is 0.607. The number of hydrogen-bond donors (Lipinski definition) is 0. The maximum absolute atomic E-state index is 3.87. The van der Waals surface area contributed by atoms with Gasteiger partial charge in [0.2, 0.25) is 0 Å². The lowest BCUT2D eigenvalue weighted by Gasteiger charge is -2.08. The van der Waals surface area contributed by atoms with Crippen molar-refractivity contribution in [1.29, 1.82) is 0 Å². The van der Waals surface area contributed by atoms with Gasteiger partial charge in [-0.3, -0.25) is 0 Å². The van der Waals surface area contributed by atoms with Gasteiger partial charge in [-0.25, -0.2) is 0 Å². The summed E-state index contributed by atoms with van der Waals surface area (Å²) in [5, 5.41) is 0. The summed E-state index contributed by atoms with van der Waals surface area (Å²) in [6.07, 6.45) is 1.95. The third-order valence-electron chi connectivity index (χ3n) is 2.95. The van der Waals surface area contributed by atoms with Gasteiger partial charge in [-0.2, -0.15) is 0 Å². The highest BCUT2D eigenvalue weighted by Gasteiger charge is 2.24. The second kappa shape index (κ2) is 3.25. The third kappa shape index (κ3) is 1.12. The minimum absolute atomic E-state index is 0.322. The SMILES string of the molecule is C=CC1=C(C)c2c(C)cccc2C1[Si]. The topological polar surface area (TPSA) is 0 Å². The molecule has 0 amide bonds. The van der Waals surface area contributed by atoms with Crippen molar-refractivity contribution in [1.82, 2.24) is 0 Å². The summed E-state index contributed by atoms with van der Waals surface area (Å²) in [5.74, 6) is 0. The number of aryl methyl sites for hydroxylation is 1. The van der Waals surface area contributed by atoms with Crippen molar-refractivity contribution in [3.8, 4) is 0 Å². The molecule has 0 aromatic heterocycles. The summed E-state index contributed by atoms with van der Waals surface area (Å²) in [4.78, 5) is 0. The fourth-order valence-electron chi connectivity index (χ4n) is 2.24. The number of benzene rings is 1. The van der Waals surface area contributed by atoms with E-state index >= 15 is 0 Å². The van der Waals surface area contributed by atoms with Gasteiger partial charge in [0.05, 0.1) is 0 Å². The van der Waals surface area contributed by atoms with Crippen LogP contribution >= 0.6 is 0 Å². The molecule has 0 saturated heterocycles. The molecule has 0 bridgehead atoms. The minimum atomic E-state index is 0.322. The minimum Gasteiger partial charge on any atom is -0.0988 e. The van der Waals surface area contributed by atoms with Gasteiger partial charge < -0.3 is 0 Å². The van der Waals surface area contributed by atoms with E-state index < -0.39 is 0 Å². The first-order chi connectivity index (χ1) is 6.66. The van der Waals surface area contributed by atoms with E-state index in [4.69, 9.17) is 0 Å². The standard InChI is InChI=1S/C13H13Si/c1-4-10-9(3)12-8(2)6-5-7-11(12)13(10)14/h4-7,13H,1H2,2-3H3. The summed E-state index contributed by atoms with van der Waals surface area (Å²) in [7, 11) is 3.76. The van der Waals surface area contributed by atoms with Crippen molar-refractivity contribution in [2.24, 2.45) is 0 Å². The van der Waals surface area contributed by atoms with Crippen molar-refractivity contribution in [3.63, 3.8) is 0 Å². The smallest absolute Gasteiger partial charge is 0.0397 e. The Morgan fingerprint density at radius 2 is 2.07 bits per heavy atom. The van der Waals surface area contributed by atoms with E-state index in [1.807, 2.05) is 6.08 Å². The molecule has 1 aliphatic rings. The molecule has 14 heavy (non-hydrogen) atoms. The average molecular weight is 197 g/mol. The molecule has 1 aromatic carbocycles. The molecule has 1 aromatic rings. The Morgan fingerprint density at radius 1 is 1.36 bits per heavy atom. The fourth-order valence-corrected chi connectivity index (χ4v) is 2.82. The van der Waals surface area contributed by atoms with Crippen LogP contribution in [0.5, 0.6) is 0 Å². The van der Waals surface area contributed by atoms with Crippen LogP contribution in [0.15, 0.2) is 36.4 Å². The number of allylic oxidation sites excluding steroid dienone is 3. The fraction of sp³-hybridized carbons (Fsp3) is 0.231. The number of rotatable bonds is 1. The lowest BCUT2D eigenvalue weighted by atomic mass is 10.0. The molecule has 1 atom stereocenters. The van der Waals surface area contributed by atoms with Crippen molar-refractivity contribution in [2.75, 3.05) is 0 Å². The predicted octanol–water partition coefficient (Wildman–Crippen LogP) is 3.18. The molecule has 1 unspecified atom stereocenters. The van der Waals surface area contributed by atoms with E-state index in [-0.39, 0.29) is 0 Å². The van der Waals surface area contributed by atoms with Crippen molar-refractivity contribution < 1.29 is 0 Å². The van der Waals surface area contributed by atoms with Crippen molar-refractivity contribution in [2.45, 2.75) is 19.4 Å². The Balaban J connectivity index is 2.71. The van der Waals surface area contributed by atoms with Crippen molar-refractivity contribution >= 4 is 15.8 Å². The predicted molar refractivity (Wildman–Crippen MR) is 62.5 cm³/mol. The molecule has 0 fully saturated rings. The first kappa shape index (κ1) is 9.47. The largest absolute Gasteiger partial charge is 0.0988 e. The van der Waals surface area contributed by atoms with Crippen LogP contribution in [-0.2, 0) is 0 Å². The maximum Gasteiger partial charge on any atom is 0.0397 e. The van der Waals surface area contributed by atoms with Crippen LogP contribution in [0.1, 0.15) is 29.2 Å². The zero-order chi connectivity index (χ0) is 10.3. The van der Waals surface area contributed by atoms with Gasteiger partial charge in [-0.05, 0) is 47.2 Å². The highest BCUT2D eigenvalue weighted by Crippen LogP contribution is 2.41. The Labute approximate surface area is 88.8 Å².